The number of rotatable bonds is 7. The van der Waals surface area contributed by atoms with Crippen molar-refractivity contribution in [2.45, 2.75) is 83.3 Å². The summed E-state index contributed by atoms with van der Waals surface area (Å²) >= 11 is 0. The monoisotopic (exact) mass is 394 g/mol. The number of carbonyl (C=O) groups is 1. The third-order valence-electron chi connectivity index (χ3n) is 3.17. The zero-order chi connectivity index (χ0) is 18.9. The van der Waals surface area contributed by atoms with Gasteiger partial charge in [-0.15, -0.1) is 0 Å². The Bertz CT molecular complexity index is 438. The minimum absolute atomic E-state index is 0.188. The second kappa shape index (κ2) is 7.68. The van der Waals surface area contributed by atoms with Gasteiger partial charge in [-0.1, -0.05) is 0 Å². The predicted molar refractivity (Wildman–Crippen MR) is 102 cm³/mol. The van der Waals surface area contributed by atoms with E-state index in [0.717, 1.165) is 0 Å². The topological polar surface area (TPSA) is 74.2 Å². The van der Waals surface area contributed by atoms with Crippen LogP contribution in [0.2, 0.25) is 58.9 Å². The van der Waals surface area contributed by atoms with Crippen molar-refractivity contribution >= 4 is 30.9 Å². The fraction of sp³-hybridized carbons (Fsp3) is 0.933. The third kappa shape index (κ3) is 7.46. The molecule has 0 aromatic rings. The van der Waals surface area contributed by atoms with Crippen LogP contribution < -0.4 is 0 Å². The summed E-state index contributed by atoms with van der Waals surface area (Å²) in [6.07, 6.45) is -3.25. The van der Waals surface area contributed by atoms with E-state index in [9.17, 15) is 9.90 Å². The highest BCUT2D eigenvalue weighted by Gasteiger charge is 2.49. The molecule has 0 bridgehead atoms. The molecule has 0 saturated carbocycles. The van der Waals surface area contributed by atoms with E-state index >= 15 is 0 Å². The van der Waals surface area contributed by atoms with Crippen molar-refractivity contribution in [3.8, 4) is 0 Å². The highest BCUT2D eigenvalue weighted by atomic mass is 28.4. The summed E-state index contributed by atoms with van der Waals surface area (Å²) in [7, 11) is -5.77. The zero-order valence-corrected chi connectivity index (χ0v) is 19.5. The predicted octanol–water partition coefficient (Wildman–Crippen LogP) is 2.56. The lowest BCUT2D eigenvalue weighted by molar-refractivity contribution is -0.200. The molecule has 1 saturated heterocycles. The van der Waals surface area contributed by atoms with Crippen molar-refractivity contribution in [3.05, 3.63) is 0 Å². The van der Waals surface area contributed by atoms with Crippen molar-refractivity contribution in [2.24, 2.45) is 0 Å². The van der Waals surface area contributed by atoms with E-state index in [1.807, 2.05) is 39.3 Å². The third-order valence-corrected chi connectivity index (χ3v) is 6.14. The first-order chi connectivity index (χ1) is 10.6. The number of carbonyl (C=O) groups excluding carboxylic acids is 1. The molecule has 1 fully saturated rings. The van der Waals surface area contributed by atoms with Crippen LogP contribution in [0.1, 0.15) is 0 Å². The van der Waals surface area contributed by atoms with Gasteiger partial charge in [0.2, 0.25) is 0 Å². The number of aliphatic hydroxyl groups is 1. The molecular formula is C15H34O6Si3. The summed E-state index contributed by atoms with van der Waals surface area (Å²) in [6.45, 7) is 18.4. The van der Waals surface area contributed by atoms with E-state index in [1.165, 1.54) is 0 Å². The summed E-state index contributed by atoms with van der Waals surface area (Å²) in [5.74, 6) is -0.463. The molecule has 1 heterocycles. The van der Waals surface area contributed by atoms with E-state index in [-0.39, 0.29) is 6.61 Å². The van der Waals surface area contributed by atoms with Gasteiger partial charge in [0.05, 0.1) is 6.61 Å². The van der Waals surface area contributed by atoms with Gasteiger partial charge in [-0.3, -0.25) is 0 Å². The summed E-state index contributed by atoms with van der Waals surface area (Å²) in [5.41, 5.74) is 0. The van der Waals surface area contributed by atoms with Gasteiger partial charge < -0.3 is 23.1 Å². The normalized spacial score (nSPS) is 29.5. The molecule has 1 N–H and O–H groups in total. The Kier molecular flexibility index (Phi) is 7.04. The maximum atomic E-state index is 12.5. The maximum Gasteiger partial charge on any atom is 0.337 e. The van der Waals surface area contributed by atoms with Crippen LogP contribution >= 0.6 is 0 Å². The van der Waals surface area contributed by atoms with Crippen LogP contribution in [0.4, 0.5) is 0 Å². The second-order valence-corrected chi connectivity index (χ2v) is 22.7. The summed E-state index contributed by atoms with van der Waals surface area (Å²) < 4.78 is 23.4. The number of hydrogen-bond donors (Lipinski definition) is 1. The number of aliphatic hydroxyl groups excluding tert-OH is 1. The Balaban J connectivity index is 2.98. The molecule has 24 heavy (non-hydrogen) atoms. The highest BCUT2D eigenvalue weighted by molar-refractivity contribution is 6.70. The van der Waals surface area contributed by atoms with E-state index in [0.29, 0.717) is 0 Å². The largest absolute Gasteiger partial charge is 0.455 e. The van der Waals surface area contributed by atoms with Crippen LogP contribution in [0.15, 0.2) is 0 Å². The molecule has 4 atom stereocenters. The lowest BCUT2D eigenvalue weighted by atomic mass is 10.0. The first kappa shape index (κ1) is 22.0. The molecule has 9 heteroatoms. The van der Waals surface area contributed by atoms with Gasteiger partial charge in [-0.25, -0.2) is 4.79 Å². The Morgan fingerprint density at radius 1 is 0.917 bits per heavy atom. The summed E-state index contributed by atoms with van der Waals surface area (Å²) in [6, 6.07) is 0. The molecule has 0 aromatic carbocycles. The Hall–Kier alpha value is -0.0394. The molecule has 142 valence electrons. The highest BCUT2D eigenvalue weighted by Crippen LogP contribution is 2.27. The fourth-order valence-corrected chi connectivity index (χ4v) is 5.05. The first-order valence-corrected chi connectivity index (χ1v) is 18.7. The minimum Gasteiger partial charge on any atom is -0.455 e. The number of hydrogen-bond acceptors (Lipinski definition) is 6. The van der Waals surface area contributed by atoms with Gasteiger partial charge in [0, 0.05) is 0 Å². The molecule has 1 aliphatic heterocycles. The van der Waals surface area contributed by atoms with Gasteiger partial charge >= 0.3 is 5.97 Å². The van der Waals surface area contributed by atoms with Crippen LogP contribution in [-0.2, 0) is 22.8 Å². The maximum absolute atomic E-state index is 12.5. The first-order valence-electron chi connectivity index (χ1n) is 8.47. The lowest BCUT2D eigenvalue weighted by Crippen LogP contribution is -2.62. The van der Waals surface area contributed by atoms with Gasteiger partial charge in [0.15, 0.2) is 37.2 Å². The number of cyclic esters (lactones) is 1. The van der Waals surface area contributed by atoms with Gasteiger partial charge in [-0.2, -0.15) is 0 Å². The lowest BCUT2D eigenvalue weighted by Gasteiger charge is -2.43. The molecule has 0 aromatic heterocycles. The van der Waals surface area contributed by atoms with E-state index in [4.69, 9.17) is 18.0 Å². The van der Waals surface area contributed by atoms with Crippen molar-refractivity contribution in [1.82, 2.24) is 0 Å². The SMILES string of the molecule is C[Si](C)(C)OC[C@H]1OC(=O)[C@H](O[Si](C)(C)C)[C@@H](O[Si](C)(C)C)[C@@H]1O. The number of esters is 1. The van der Waals surface area contributed by atoms with Crippen LogP contribution in [0.5, 0.6) is 0 Å². The smallest absolute Gasteiger partial charge is 0.337 e. The molecule has 1 rings (SSSR count). The molecule has 0 unspecified atom stereocenters. The molecule has 0 spiro atoms. The average molecular weight is 395 g/mol. The quantitative estimate of drug-likeness (QED) is 0.528. The average Bonchev–Trinajstić information content (AvgIpc) is 2.32. The van der Waals surface area contributed by atoms with Gasteiger partial charge in [-0.05, 0) is 58.9 Å². The van der Waals surface area contributed by atoms with Crippen LogP contribution in [-0.4, -0.2) is 67.1 Å². The Morgan fingerprint density at radius 3 is 1.83 bits per heavy atom. The zero-order valence-electron chi connectivity index (χ0n) is 16.5. The minimum atomic E-state index is -2.00. The number of ether oxygens (including phenoxy) is 1. The molecule has 0 aliphatic carbocycles. The molecule has 1 aliphatic rings. The standard InChI is InChI=1S/C15H34O6Si3/c1-22(2,3)18-10-11-12(16)13(20-23(4,5)6)14(15(17)19-11)21-24(7,8)9/h11-14,16H,10H2,1-9H3/t11-,12-,13+,14-/m1/s1. The van der Waals surface area contributed by atoms with E-state index < -0.39 is 55.3 Å². The van der Waals surface area contributed by atoms with Crippen molar-refractivity contribution in [1.29, 1.82) is 0 Å². The summed E-state index contributed by atoms with van der Waals surface area (Å²) in [5, 5.41) is 10.8. The van der Waals surface area contributed by atoms with E-state index in [2.05, 4.69) is 19.6 Å². The molecular weight excluding hydrogens is 360 g/mol. The van der Waals surface area contributed by atoms with Crippen LogP contribution in [0.3, 0.4) is 0 Å². The molecule has 6 nitrogen and oxygen atoms in total. The van der Waals surface area contributed by atoms with Crippen LogP contribution in [0, 0.1) is 0 Å². The van der Waals surface area contributed by atoms with Crippen molar-refractivity contribution < 1.29 is 27.9 Å². The Labute approximate surface area is 149 Å². The van der Waals surface area contributed by atoms with E-state index in [1.54, 1.807) is 0 Å². The van der Waals surface area contributed by atoms with Crippen molar-refractivity contribution in [3.63, 3.8) is 0 Å². The molecule has 0 radical (unpaired) electrons. The molecule has 0 amide bonds. The Morgan fingerprint density at radius 2 is 1.42 bits per heavy atom. The second-order valence-electron chi connectivity index (χ2n) is 9.23. The fourth-order valence-electron chi connectivity index (χ4n) is 2.31. The van der Waals surface area contributed by atoms with Gasteiger partial charge in [0.25, 0.3) is 0 Å². The summed E-state index contributed by atoms with van der Waals surface area (Å²) in [4.78, 5) is 12.5. The van der Waals surface area contributed by atoms with Crippen LogP contribution in [0.25, 0.3) is 0 Å². The van der Waals surface area contributed by atoms with Crippen molar-refractivity contribution in [2.75, 3.05) is 6.61 Å². The van der Waals surface area contributed by atoms with Gasteiger partial charge in [0.1, 0.15) is 12.2 Å².